The Morgan fingerprint density at radius 1 is 1.33 bits per heavy atom. The largest absolute Gasteiger partial charge is 0.457 e. The zero-order valence-corrected chi connectivity index (χ0v) is 12.4. The highest BCUT2D eigenvalue weighted by atomic mass is 31.2. The van der Waals surface area contributed by atoms with Crippen LogP contribution in [0.5, 0.6) is 0 Å². The molecule has 0 fully saturated rings. The molecule has 1 aliphatic rings. The van der Waals surface area contributed by atoms with Gasteiger partial charge in [0.05, 0.1) is 13.2 Å². The van der Waals surface area contributed by atoms with E-state index in [1.807, 2.05) is 13.8 Å². The fourth-order valence-electron chi connectivity index (χ4n) is 2.09. The molecule has 0 amide bonds. The Morgan fingerprint density at radius 3 is 2.28 bits per heavy atom. The van der Waals surface area contributed by atoms with Crippen LogP contribution >= 0.6 is 7.60 Å². The summed E-state index contributed by atoms with van der Waals surface area (Å²) in [5.41, 5.74) is 0.135. The number of hydrogen-bond acceptors (Lipinski definition) is 5. The Kier molecular flexibility index (Phi) is 5.86. The molecule has 0 aliphatic carbocycles. The fourth-order valence-corrected chi connectivity index (χ4v) is 3.76. The zero-order chi connectivity index (χ0) is 13.8. The molecule has 3 atom stereocenters. The van der Waals surface area contributed by atoms with Crippen LogP contribution in [0.3, 0.4) is 0 Å². The lowest BCUT2D eigenvalue weighted by molar-refractivity contribution is -0.121. The molecule has 0 radical (unpaired) electrons. The summed E-state index contributed by atoms with van der Waals surface area (Å²) >= 11 is 0. The first-order chi connectivity index (χ1) is 8.48. The molecule has 0 bridgehead atoms. The SMILES string of the molecule is CCOP(=O)(OCC)C1=C[C@H](C)[C@@H](CC)C(O)O1. The minimum atomic E-state index is -3.43. The van der Waals surface area contributed by atoms with Gasteiger partial charge in [-0.2, -0.15) is 0 Å². The monoisotopic (exact) mass is 278 g/mol. The molecule has 106 valence electrons. The Labute approximate surface area is 109 Å². The van der Waals surface area contributed by atoms with Crippen molar-refractivity contribution in [3.8, 4) is 0 Å². The molecule has 1 rings (SSSR count). The summed E-state index contributed by atoms with van der Waals surface area (Å²) in [5.74, 6) is 0.0773. The van der Waals surface area contributed by atoms with Crippen LogP contribution in [0.4, 0.5) is 0 Å². The van der Waals surface area contributed by atoms with E-state index < -0.39 is 13.9 Å². The first-order valence-corrected chi connectivity index (χ1v) is 7.98. The third-order valence-corrected chi connectivity index (χ3v) is 5.02. The van der Waals surface area contributed by atoms with Crippen molar-refractivity contribution < 1.29 is 23.5 Å². The molecule has 6 heteroatoms. The van der Waals surface area contributed by atoms with E-state index in [1.165, 1.54) is 0 Å². The molecular formula is C12H23O5P. The number of aliphatic hydroxyl groups excluding tert-OH is 1. The van der Waals surface area contributed by atoms with Crippen LogP contribution in [-0.2, 0) is 18.3 Å². The van der Waals surface area contributed by atoms with Crippen molar-refractivity contribution in [2.45, 2.75) is 40.4 Å². The second-order valence-electron chi connectivity index (χ2n) is 4.28. The van der Waals surface area contributed by atoms with Crippen LogP contribution in [0.25, 0.3) is 0 Å². The Bertz CT molecular complexity index is 331. The predicted molar refractivity (Wildman–Crippen MR) is 69.0 cm³/mol. The van der Waals surface area contributed by atoms with E-state index in [0.717, 1.165) is 6.42 Å². The van der Waals surface area contributed by atoms with Crippen molar-refractivity contribution in [3.63, 3.8) is 0 Å². The molecular weight excluding hydrogens is 255 g/mol. The van der Waals surface area contributed by atoms with E-state index >= 15 is 0 Å². The first kappa shape index (κ1) is 15.7. The van der Waals surface area contributed by atoms with Crippen LogP contribution < -0.4 is 0 Å². The highest BCUT2D eigenvalue weighted by Gasteiger charge is 2.39. The predicted octanol–water partition coefficient (Wildman–Crippen LogP) is 3.10. The van der Waals surface area contributed by atoms with E-state index in [4.69, 9.17) is 13.8 Å². The summed E-state index contributed by atoms with van der Waals surface area (Å²) in [5, 5.41) is 9.91. The summed E-state index contributed by atoms with van der Waals surface area (Å²) in [4.78, 5) is 0. The van der Waals surface area contributed by atoms with Gasteiger partial charge in [-0.25, -0.2) is 0 Å². The maximum atomic E-state index is 12.5. The Morgan fingerprint density at radius 2 is 1.89 bits per heavy atom. The number of ether oxygens (including phenoxy) is 1. The molecule has 18 heavy (non-hydrogen) atoms. The van der Waals surface area contributed by atoms with Gasteiger partial charge in [-0.1, -0.05) is 13.8 Å². The second kappa shape index (κ2) is 6.71. The van der Waals surface area contributed by atoms with Gasteiger partial charge in [-0.05, 0) is 32.3 Å². The number of hydrogen-bond donors (Lipinski definition) is 1. The van der Waals surface area contributed by atoms with Gasteiger partial charge < -0.3 is 18.9 Å². The Balaban J connectivity index is 2.97. The third kappa shape index (κ3) is 3.35. The van der Waals surface area contributed by atoms with Crippen molar-refractivity contribution >= 4 is 7.60 Å². The van der Waals surface area contributed by atoms with Crippen molar-refractivity contribution in [2.24, 2.45) is 11.8 Å². The molecule has 0 saturated heterocycles. The molecule has 0 spiro atoms. The van der Waals surface area contributed by atoms with Gasteiger partial charge in [0, 0.05) is 5.92 Å². The van der Waals surface area contributed by atoms with Crippen LogP contribution in [-0.4, -0.2) is 24.6 Å². The third-order valence-electron chi connectivity index (χ3n) is 3.03. The van der Waals surface area contributed by atoms with Gasteiger partial charge >= 0.3 is 7.60 Å². The maximum absolute atomic E-state index is 12.5. The van der Waals surface area contributed by atoms with Gasteiger partial charge in [0.25, 0.3) is 0 Å². The molecule has 1 heterocycles. The molecule has 0 saturated carbocycles. The van der Waals surface area contributed by atoms with Gasteiger partial charge in [0.2, 0.25) is 11.8 Å². The molecule has 0 aromatic carbocycles. The second-order valence-corrected chi connectivity index (χ2v) is 6.23. The number of allylic oxidation sites excluding steroid dienone is 1. The van der Waals surface area contributed by atoms with Crippen LogP contribution in [0.1, 0.15) is 34.1 Å². The summed E-state index contributed by atoms with van der Waals surface area (Å²) in [6.45, 7) is 7.95. The first-order valence-electron chi connectivity index (χ1n) is 6.44. The van der Waals surface area contributed by atoms with E-state index in [2.05, 4.69) is 0 Å². The molecule has 1 unspecified atom stereocenters. The lowest BCUT2D eigenvalue weighted by atomic mass is 9.90. The molecule has 1 aliphatic heterocycles. The van der Waals surface area contributed by atoms with Gasteiger partial charge in [0.1, 0.15) is 0 Å². The lowest BCUT2D eigenvalue weighted by Crippen LogP contribution is -2.32. The molecule has 0 aromatic heterocycles. The Hall–Kier alpha value is -0.350. The minimum Gasteiger partial charge on any atom is -0.457 e. The quantitative estimate of drug-likeness (QED) is 0.756. The lowest BCUT2D eigenvalue weighted by Gasteiger charge is -2.33. The summed E-state index contributed by atoms with van der Waals surface area (Å²) in [6, 6.07) is 0. The van der Waals surface area contributed by atoms with Crippen LogP contribution in [0, 0.1) is 11.8 Å². The molecule has 1 N–H and O–H groups in total. The van der Waals surface area contributed by atoms with E-state index in [1.54, 1.807) is 19.9 Å². The molecule has 0 aromatic rings. The van der Waals surface area contributed by atoms with Gasteiger partial charge in [-0.15, -0.1) is 0 Å². The summed E-state index contributed by atoms with van der Waals surface area (Å²) < 4.78 is 28.2. The minimum absolute atomic E-state index is 0.00505. The standard InChI is InChI=1S/C12H23O5P/c1-5-10-9(4)8-11(17-12(10)13)18(14,15-6-2)16-7-3/h8-10,12-13H,5-7H2,1-4H3/t9-,10+,12?/m0/s1. The highest BCUT2D eigenvalue weighted by molar-refractivity contribution is 7.58. The molecule has 5 nitrogen and oxygen atoms in total. The van der Waals surface area contributed by atoms with Gasteiger partial charge in [-0.3, -0.25) is 4.57 Å². The highest BCUT2D eigenvalue weighted by Crippen LogP contribution is 2.58. The van der Waals surface area contributed by atoms with Gasteiger partial charge in [0.15, 0.2) is 0 Å². The van der Waals surface area contributed by atoms with Crippen LogP contribution in [0.15, 0.2) is 11.6 Å². The van der Waals surface area contributed by atoms with Crippen molar-refractivity contribution in [1.82, 2.24) is 0 Å². The summed E-state index contributed by atoms with van der Waals surface area (Å²) in [7, 11) is -3.43. The van der Waals surface area contributed by atoms with Crippen molar-refractivity contribution in [1.29, 1.82) is 0 Å². The van der Waals surface area contributed by atoms with E-state index in [0.29, 0.717) is 0 Å². The average Bonchev–Trinajstić information content (AvgIpc) is 2.29. The zero-order valence-electron chi connectivity index (χ0n) is 11.5. The smallest absolute Gasteiger partial charge is 0.395 e. The topological polar surface area (TPSA) is 65.0 Å². The maximum Gasteiger partial charge on any atom is 0.395 e. The number of aliphatic hydroxyl groups is 1. The summed E-state index contributed by atoms with van der Waals surface area (Å²) in [6.07, 6.45) is 1.58. The van der Waals surface area contributed by atoms with Crippen molar-refractivity contribution in [3.05, 3.63) is 11.6 Å². The van der Waals surface area contributed by atoms with E-state index in [9.17, 15) is 9.67 Å². The number of rotatable bonds is 6. The fraction of sp³-hybridized carbons (Fsp3) is 0.833. The average molecular weight is 278 g/mol. The van der Waals surface area contributed by atoms with Crippen LogP contribution in [0.2, 0.25) is 0 Å². The van der Waals surface area contributed by atoms with E-state index in [-0.39, 0.29) is 30.5 Å². The normalized spacial score (nSPS) is 28.7. The van der Waals surface area contributed by atoms with Crippen molar-refractivity contribution in [2.75, 3.05) is 13.2 Å².